The van der Waals surface area contributed by atoms with Crippen LogP contribution in [-0.2, 0) is 11.3 Å². The lowest BCUT2D eigenvalue weighted by atomic mass is 9.73. The Morgan fingerprint density at radius 3 is 2.76 bits per heavy atom. The molecule has 152 valence electrons. The maximum atomic E-state index is 10.8. The lowest BCUT2D eigenvalue weighted by Gasteiger charge is -2.47. The summed E-state index contributed by atoms with van der Waals surface area (Å²) < 4.78 is 17.1. The first kappa shape index (κ1) is 18.1. The van der Waals surface area contributed by atoms with Gasteiger partial charge in [0.25, 0.3) is 0 Å². The van der Waals surface area contributed by atoms with Crippen LogP contribution in [0.1, 0.15) is 29.9 Å². The van der Waals surface area contributed by atoms with E-state index in [2.05, 4.69) is 47.4 Å². The van der Waals surface area contributed by atoms with Crippen molar-refractivity contribution in [3.05, 3.63) is 53.6 Å². The lowest BCUT2D eigenvalue weighted by Crippen LogP contribution is -2.54. The number of aliphatic hydroxyl groups is 1. The molecule has 1 saturated heterocycles. The van der Waals surface area contributed by atoms with Crippen molar-refractivity contribution in [3.8, 4) is 11.5 Å². The van der Waals surface area contributed by atoms with Crippen LogP contribution in [0.2, 0.25) is 0 Å². The molecule has 1 N–H and O–H groups in total. The molecule has 5 nitrogen and oxygen atoms in total. The van der Waals surface area contributed by atoms with E-state index in [1.54, 1.807) is 7.11 Å². The minimum absolute atomic E-state index is 0.0415. The summed E-state index contributed by atoms with van der Waals surface area (Å²) in [5, 5.41) is 10.8. The molecule has 6 atom stereocenters. The van der Waals surface area contributed by atoms with Crippen molar-refractivity contribution in [1.29, 1.82) is 0 Å². The fraction of sp³-hybridized carbons (Fsp3) is 0.478. The van der Waals surface area contributed by atoms with Crippen LogP contribution in [0.25, 0.3) is 0 Å². The Morgan fingerprint density at radius 2 is 1.97 bits per heavy atom. The second-order valence-corrected chi connectivity index (χ2v) is 9.99. The van der Waals surface area contributed by atoms with E-state index in [9.17, 15) is 5.11 Å². The zero-order valence-electron chi connectivity index (χ0n) is 16.4. The third kappa shape index (κ3) is 2.66. The summed E-state index contributed by atoms with van der Waals surface area (Å²) in [4.78, 5) is 3.85. The van der Waals surface area contributed by atoms with E-state index in [4.69, 9.17) is 14.2 Å². The number of rotatable bonds is 3. The van der Waals surface area contributed by atoms with Crippen molar-refractivity contribution in [2.45, 2.75) is 53.2 Å². The van der Waals surface area contributed by atoms with Gasteiger partial charge in [-0.25, -0.2) is 0 Å². The molecule has 0 spiro atoms. The van der Waals surface area contributed by atoms with Gasteiger partial charge in [-0.05, 0) is 48.2 Å². The topological polar surface area (TPSA) is 51.2 Å². The Labute approximate surface area is 174 Å². The first-order valence-electron chi connectivity index (χ1n) is 10.3. The standard InChI is InChI=1S/C23H25NO4S/c1-26-21-10-23(29-15-5-3-2-4-6-15)17-12-24(22(23)9-18(21)25)11-14-7-19-20(8-16(14)17)28-13-27-19/h2-8,17-18,21-22,25H,9-13H2,1H3/t17-,18+,21+,22-,23+/m1/s1. The van der Waals surface area contributed by atoms with E-state index in [1.807, 2.05) is 11.8 Å². The molecule has 1 saturated carbocycles. The molecule has 0 amide bonds. The van der Waals surface area contributed by atoms with E-state index >= 15 is 0 Å². The molecular formula is C23H25NO4S. The zero-order chi connectivity index (χ0) is 19.6. The van der Waals surface area contributed by atoms with Gasteiger partial charge >= 0.3 is 0 Å². The van der Waals surface area contributed by atoms with E-state index in [0.29, 0.717) is 18.8 Å². The average molecular weight is 412 g/mol. The first-order chi connectivity index (χ1) is 14.2. The predicted octanol–water partition coefficient (Wildman–Crippen LogP) is 3.40. The van der Waals surface area contributed by atoms with Gasteiger partial charge in [0.2, 0.25) is 6.79 Å². The Hall–Kier alpha value is -1.73. The molecule has 29 heavy (non-hydrogen) atoms. The summed E-state index contributed by atoms with van der Waals surface area (Å²) in [6.07, 6.45) is 1.02. The van der Waals surface area contributed by atoms with Crippen LogP contribution in [0.15, 0.2) is 47.4 Å². The van der Waals surface area contributed by atoms with Crippen molar-refractivity contribution in [2.24, 2.45) is 0 Å². The number of benzene rings is 2. The summed E-state index contributed by atoms with van der Waals surface area (Å²) in [7, 11) is 1.72. The summed E-state index contributed by atoms with van der Waals surface area (Å²) in [5.41, 5.74) is 2.71. The van der Waals surface area contributed by atoms with Crippen LogP contribution in [-0.4, -0.2) is 53.5 Å². The highest BCUT2D eigenvalue weighted by atomic mass is 32.2. The largest absolute Gasteiger partial charge is 0.454 e. The normalized spacial score (nSPS) is 36.6. The van der Waals surface area contributed by atoms with Crippen molar-refractivity contribution in [3.63, 3.8) is 0 Å². The molecule has 6 heteroatoms. The molecule has 2 aromatic rings. The first-order valence-corrected chi connectivity index (χ1v) is 11.1. The fourth-order valence-corrected chi connectivity index (χ4v) is 7.57. The van der Waals surface area contributed by atoms with Crippen LogP contribution >= 0.6 is 11.8 Å². The molecule has 6 rings (SSSR count). The molecule has 0 aromatic heterocycles. The van der Waals surface area contributed by atoms with E-state index in [1.165, 1.54) is 16.0 Å². The molecule has 2 bridgehead atoms. The van der Waals surface area contributed by atoms with Gasteiger partial charge in [-0.3, -0.25) is 4.90 Å². The Balaban J connectivity index is 1.48. The van der Waals surface area contributed by atoms with Gasteiger partial charge in [0.15, 0.2) is 11.5 Å². The minimum Gasteiger partial charge on any atom is -0.454 e. The van der Waals surface area contributed by atoms with E-state index in [0.717, 1.165) is 37.4 Å². The highest BCUT2D eigenvalue weighted by Gasteiger charge is 2.61. The van der Waals surface area contributed by atoms with Gasteiger partial charge in [0.1, 0.15) is 0 Å². The Morgan fingerprint density at radius 1 is 1.17 bits per heavy atom. The summed E-state index contributed by atoms with van der Waals surface area (Å²) in [6.45, 7) is 2.21. The minimum atomic E-state index is -0.423. The van der Waals surface area contributed by atoms with Crippen molar-refractivity contribution >= 4 is 11.8 Å². The third-order valence-corrected chi connectivity index (χ3v) is 8.77. The van der Waals surface area contributed by atoms with Crippen LogP contribution in [0.3, 0.4) is 0 Å². The van der Waals surface area contributed by atoms with Crippen LogP contribution in [0.5, 0.6) is 11.5 Å². The number of aliphatic hydroxyl groups excluding tert-OH is 1. The van der Waals surface area contributed by atoms with Gasteiger partial charge < -0.3 is 19.3 Å². The SMILES string of the molecule is CO[C@H]1C[C@]2(Sc3ccccc3)[C@@H]3CN(Cc4cc5c(cc43)OCO5)[C@@H]2C[C@@H]1O. The fourth-order valence-electron chi connectivity index (χ4n) is 5.86. The molecule has 4 aliphatic rings. The van der Waals surface area contributed by atoms with Gasteiger partial charge in [-0.2, -0.15) is 0 Å². The number of thioether (sulfide) groups is 1. The van der Waals surface area contributed by atoms with Gasteiger partial charge in [-0.15, -0.1) is 11.8 Å². The number of hydrogen-bond donors (Lipinski definition) is 1. The summed E-state index contributed by atoms with van der Waals surface area (Å²) in [5.74, 6) is 2.08. The maximum Gasteiger partial charge on any atom is 0.231 e. The molecular weight excluding hydrogens is 386 g/mol. The number of methoxy groups -OCH3 is 1. The summed E-state index contributed by atoms with van der Waals surface area (Å²) >= 11 is 1.97. The molecule has 1 unspecified atom stereocenters. The van der Waals surface area contributed by atoms with E-state index in [-0.39, 0.29) is 10.9 Å². The Kier molecular flexibility index (Phi) is 4.14. The smallest absolute Gasteiger partial charge is 0.231 e. The highest BCUT2D eigenvalue weighted by molar-refractivity contribution is 8.00. The number of fused-ring (bicyclic) bond motifs is 8. The molecule has 2 fully saturated rings. The van der Waals surface area contributed by atoms with Crippen molar-refractivity contribution < 1.29 is 19.3 Å². The second kappa shape index (κ2) is 6.64. The molecule has 2 aromatic carbocycles. The van der Waals surface area contributed by atoms with Crippen molar-refractivity contribution in [2.75, 3.05) is 20.4 Å². The Bertz CT molecular complexity index is 938. The lowest BCUT2D eigenvalue weighted by molar-refractivity contribution is -0.0596. The second-order valence-electron chi connectivity index (χ2n) is 8.55. The van der Waals surface area contributed by atoms with Crippen molar-refractivity contribution in [1.82, 2.24) is 4.90 Å². The molecule has 3 heterocycles. The monoisotopic (exact) mass is 411 g/mol. The quantitative estimate of drug-likeness (QED) is 0.836. The predicted molar refractivity (Wildman–Crippen MR) is 111 cm³/mol. The summed E-state index contributed by atoms with van der Waals surface area (Å²) in [6, 6.07) is 15.3. The number of ether oxygens (including phenoxy) is 3. The molecule has 3 aliphatic heterocycles. The zero-order valence-corrected chi connectivity index (χ0v) is 17.2. The number of hydrogen-bond acceptors (Lipinski definition) is 6. The van der Waals surface area contributed by atoms with Gasteiger partial charge in [0, 0.05) is 41.8 Å². The van der Waals surface area contributed by atoms with Crippen LogP contribution < -0.4 is 9.47 Å². The molecule has 0 radical (unpaired) electrons. The van der Waals surface area contributed by atoms with E-state index < -0.39 is 6.10 Å². The number of nitrogens with zero attached hydrogens (tertiary/aromatic N) is 1. The average Bonchev–Trinajstić information content (AvgIpc) is 3.29. The van der Waals surface area contributed by atoms with Crippen LogP contribution in [0.4, 0.5) is 0 Å². The van der Waals surface area contributed by atoms with Gasteiger partial charge in [0.05, 0.1) is 12.2 Å². The van der Waals surface area contributed by atoms with Crippen LogP contribution in [0, 0.1) is 0 Å². The van der Waals surface area contributed by atoms with Gasteiger partial charge in [-0.1, -0.05) is 18.2 Å². The molecule has 1 aliphatic carbocycles. The maximum absolute atomic E-state index is 10.8. The third-order valence-electron chi connectivity index (χ3n) is 7.16. The highest BCUT2D eigenvalue weighted by Crippen LogP contribution is 2.61.